The molecule has 0 aliphatic carbocycles. The molecule has 0 aromatic heterocycles. The molecular weight excluding hydrogens is 359 g/mol. The van der Waals surface area contributed by atoms with Crippen LogP contribution in [0.3, 0.4) is 0 Å². The van der Waals surface area contributed by atoms with Crippen LogP contribution in [0.15, 0.2) is 48.5 Å². The highest BCUT2D eigenvalue weighted by Crippen LogP contribution is 2.35. The van der Waals surface area contributed by atoms with Crippen LogP contribution >= 0.6 is 23.2 Å². The van der Waals surface area contributed by atoms with Gasteiger partial charge in [-0.1, -0.05) is 47.5 Å². The van der Waals surface area contributed by atoms with Gasteiger partial charge in [0, 0.05) is 30.4 Å². The Hall–Kier alpha value is -2.04. The second-order valence-electron chi connectivity index (χ2n) is 6.15. The van der Waals surface area contributed by atoms with Gasteiger partial charge in [0.05, 0.1) is 0 Å². The number of carbonyl (C=O) groups is 2. The predicted molar refractivity (Wildman–Crippen MR) is 98.4 cm³/mol. The normalized spacial score (nSPS) is 20.2. The lowest BCUT2D eigenvalue weighted by atomic mass is 10.0. The van der Waals surface area contributed by atoms with E-state index >= 15 is 0 Å². The van der Waals surface area contributed by atoms with Gasteiger partial charge >= 0.3 is 0 Å². The molecule has 1 saturated heterocycles. The van der Waals surface area contributed by atoms with Gasteiger partial charge < -0.3 is 9.80 Å². The maximum absolute atomic E-state index is 12.8. The van der Waals surface area contributed by atoms with E-state index in [0.717, 1.165) is 11.1 Å². The first-order chi connectivity index (χ1) is 11.9. The third-order valence-electron chi connectivity index (χ3n) is 4.47. The van der Waals surface area contributed by atoms with Crippen molar-refractivity contribution >= 4 is 35.0 Å². The Morgan fingerprint density at radius 2 is 1.52 bits per heavy atom. The Bertz CT molecular complexity index is 790. The summed E-state index contributed by atoms with van der Waals surface area (Å²) in [6.45, 7) is 1.49. The van der Waals surface area contributed by atoms with E-state index in [4.69, 9.17) is 23.2 Å². The molecule has 2 aromatic carbocycles. The molecule has 1 aliphatic heterocycles. The number of rotatable bonds is 3. The van der Waals surface area contributed by atoms with E-state index in [1.165, 1.54) is 6.92 Å². The number of carbonyl (C=O) groups excluding carboxylic acids is 2. The summed E-state index contributed by atoms with van der Waals surface area (Å²) in [4.78, 5) is 28.4. The summed E-state index contributed by atoms with van der Waals surface area (Å²) in [5.41, 5.74) is 1.81. The number of likely N-dealkylation sites (N-methyl/N-ethyl adjacent to an activating group) is 1. The summed E-state index contributed by atoms with van der Waals surface area (Å²) < 4.78 is 0. The molecular formula is C19H18Cl2N2O2. The fraction of sp³-hybridized carbons (Fsp3) is 0.263. The van der Waals surface area contributed by atoms with E-state index in [2.05, 4.69) is 0 Å². The van der Waals surface area contributed by atoms with Crippen molar-refractivity contribution < 1.29 is 9.59 Å². The fourth-order valence-corrected chi connectivity index (χ4v) is 3.52. The highest BCUT2D eigenvalue weighted by Gasteiger charge is 2.46. The minimum atomic E-state index is -0.538. The lowest BCUT2D eigenvalue weighted by Gasteiger charge is -2.29. The van der Waals surface area contributed by atoms with Crippen LogP contribution in [0.5, 0.6) is 0 Å². The van der Waals surface area contributed by atoms with Crippen molar-refractivity contribution in [2.24, 2.45) is 0 Å². The van der Waals surface area contributed by atoms with Crippen molar-refractivity contribution in [2.45, 2.75) is 25.6 Å². The molecule has 1 heterocycles. The summed E-state index contributed by atoms with van der Waals surface area (Å²) in [6.07, 6.45) is 0.0175. The molecule has 0 bridgehead atoms. The summed E-state index contributed by atoms with van der Waals surface area (Å²) in [7, 11) is 1.72. The molecule has 2 aromatic rings. The Balaban J connectivity index is 1.95. The van der Waals surface area contributed by atoms with E-state index in [0.29, 0.717) is 16.5 Å². The van der Waals surface area contributed by atoms with E-state index < -0.39 is 12.2 Å². The van der Waals surface area contributed by atoms with Gasteiger partial charge in [0.25, 0.3) is 0 Å². The zero-order valence-electron chi connectivity index (χ0n) is 13.9. The SMILES string of the molecule is CC(=O)N1C(c2ccc(Cl)cc2)N(C)C(=O)[C@H]1Cc1ccc(Cl)cc1. The van der Waals surface area contributed by atoms with Crippen molar-refractivity contribution in [2.75, 3.05) is 7.05 Å². The second-order valence-corrected chi connectivity index (χ2v) is 7.02. The van der Waals surface area contributed by atoms with Crippen molar-refractivity contribution in [3.63, 3.8) is 0 Å². The smallest absolute Gasteiger partial charge is 0.247 e. The van der Waals surface area contributed by atoms with Crippen LogP contribution < -0.4 is 0 Å². The highest BCUT2D eigenvalue weighted by molar-refractivity contribution is 6.30. The second kappa shape index (κ2) is 7.06. The monoisotopic (exact) mass is 376 g/mol. The summed E-state index contributed by atoms with van der Waals surface area (Å²) in [5, 5.41) is 1.25. The molecule has 0 spiro atoms. The number of nitrogens with zero attached hydrogens (tertiary/aromatic N) is 2. The van der Waals surface area contributed by atoms with Crippen molar-refractivity contribution in [1.82, 2.24) is 9.80 Å². The summed E-state index contributed by atoms with van der Waals surface area (Å²) in [5.74, 6) is -0.221. The standard InChI is InChI=1S/C19H18Cl2N2O2/c1-12(24)23-17(11-13-3-7-15(20)8-4-13)19(25)22(2)18(23)14-5-9-16(21)10-6-14/h3-10,17-18H,11H2,1-2H3/t17-,18?/m1/s1. The van der Waals surface area contributed by atoms with E-state index in [9.17, 15) is 9.59 Å². The first-order valence-electron chi connectivity index (χ1n) is 7.94. The van der Waals surface area contributed by atoms with Gasteiger partial charge in [0.1, 0.15) is 12.2 Å². The first kappa shape index (κ1) is 17.8. The van der Waals surface area contributed by atoms with Crippen molar-refractivity contribution in [3.8, 4) is 0 Å². The van der Waals surface area contributed by atoms with Gasteiger partial charge in [-0.3, -0.25) is 9.59 Å². The van der Waals surface area contributed by atoms with E-state index in [1.807, 2.05) is 24.3 Å². The molecule has 2 atom stereocenters. The maximum atomic E-state index is 12.8. The quantitative estimate of drug-likeness (QED) is 0.814. The third-order valence-corrected chi connectivity index (χ3v) is 4.98. The van der Waals surface area contributed by atoms with Gasteiger partial charge in [0.15, 0.2) is 0 Å². The molecule has 6 heteroatoms. The lowest BCUT2D eigenvalue weighted by Crippen LogP contribution is -2.39. The van der Waals surface area contributed by atoms with Gasteiger partial charge in [-0.15, -0.1) is 0 Å². The average molecular weight is 377 g/mol. The van der Waals surface area contributed by atoms with Crippen LogP contribution in [0.2, 0.25) is 10.0 Å². The van der Waals surface area contributed by atoms with Crippen molar-refractivity contribution in [3.05, 3.63) is 69.7 Å². The highest BCUT2D eigenvalue weighted by atomic mass is 35.5. The first-order valence-corrected chi connectivity index (χ1v) is 8.69. The van der Waals surface area contributed by atoms with Gasteiger partial charge in [0.2, 0.25) is 11.8 Å². The molecule has 0 radical (unpaired) electrons. The molecule has 0 saturated carbocycles. The van der Waals surface area contributed by atoms with Crippen LogP contribution in [0.4, 0.5) is 0 Å². The predicted octanol–water partition coefficient (Wildman–Crippen LogP) is 3.92. The average Bonchev–Trinajstić information content (AvgIpc) is 2.83. The molecule has 1 aliphatic rings. The summed E-state index contributed by atoms with van der Waals surface area (Å²) in [6, 6.07) is 14.0. The minimum absolute atomic E-state index is 0.0786. The number of hydrogen-bond acceptors (Lipinski definition) is 2. The van der Waals surface area contributed by atoms with Gasteiger partial charge in [-0.25, -0.2) is 0 Å². The summed E-state index contributed by atoms with van der Waals surface area (Å²) >= 11 is 11.9. The number of hydrogen-bond donors (Lipinski definition) is 0. The molecule has 4 nitrogen and oxygen atoms in total. The van der Waals surface area contributed by atoms with Gasteiger partial charge in [-0.05, 0) is 35.4 Å². The minimum Gasteiger partial charge on any atom is -0.319 e. The largest absolute Gasteiger partial charge is 0.319 e. The van der Waals surface area contributed by atoms with Crippen LogP contribution in [-0.4, -0.2) is 34.7 Å². The molecule has 130 valence electrons. The molecule has 0 N–H and O–H groups in total. The molecule has 2 amide bonds. The Labute approximate surface area is 156 Å². The number of amides is 2. The molecule has 1 fully saturated rings. The zero-order valence-corrected chi connectivity index (χ0v) is 15.5. The van der Waals surface area contributed by atoms with Crippen LogP contribution in [0, 0.1) is 0 Å². The van der Waals surface area contributed by atoms with Crippen molar-refractivity contribution in [1.29, 1.82) is 0 Å². The van der Waals surface area contributed by atoms with Crippen LogP contribution in [0.25, 0.3) is 0 Å². The third kappa shape index (κ3) is 3.51. The fourth-order valence-electron chi connectivity index (χ4n) is 3.27. The Morgan fingerprint density at radius 1 is 1.00 bits per heavy atom. The van der Waals surface area contributed by atoms with Crippen LogP contribution in [0.1, 0.15) is 24.2 Å². The maximum Gasteiger partial charge on any atom is 0.247 e. The Kier molecular flexibility index (Phi) is 5.02. The van der Waals surface area contributed by atoms with E-state index in [-0.39, 0.29) is 11.8 Å². The Morgan fingerprint density at radius 3 is 2.04 bits per heavy atom. The zero-order chi connectivity index (χ0) is 18.1. The topological polar surface area (TPSA) is 40.6 Å². The van der Waals surface area contributed by atoms with E-state index in [1.54, 1.807) is 41.1 Å². The lowest BCUT2D eigenvalue weighted by molar-refractivity contribution is -0.134. The molecule has 25 heavy (non-hydrogen) atoms. The molecule has 1 unspecified atom stereocenters. The number of halogens is 2. The van der Waals surface area contributed by atoms with Gasteiger partial charge in [-0.2, -0.15) is 0 Å². The molecule has 3 rings (SSSR count). The number of benzene rings is 2. The van der Waals surface area contributed by atoms with Crippen LogP contribution in [-0.2, 0) is 16.0 Å².